The van der Waals surface area contributed by atoms with Crippen molar-refractivity contribution in [3.8, 4) is 24.3 Å². The van der Waals surface area contributed by atoms with Crippen LogP contribution >= 0.6 is 22.7 Å². The topological polar surface area (TPSA) is 95.2 Å². The average molecular weight is 461 g/mol. The van der Waals surface area contributed by atoms with E-state index in [0.29, 0.717) is 9.06 Å². The molecule has 6 heteroatoms. The summed E-state index contributed by atoms with van der Waals surface area (Å²) in [6, 6.07) is 12.1. The Kier molecular flexibility index (Phi) is 10.7. The lowest BCUT2D eigenvalue weighted by Crippen LogP contribution is -1.95. The van der Waals surface area contributed by atoms with Crippen molar-refractivity contribution in [1.82, 2.24) is 0 Å². The van der Waals surface area contributed by atoms with Gasteiger partial charge in [-0.15, -0.1) is 22.7 Å². The number of aryl methyl sites for hydroxylation is 2. The van der Waals surface area contributed by atoms with Crippen molar-refractivity contribution in [1.29, 1.82) is 21.0 Å². The van der Waals surface area contributed by atoms with E-state index in [0.717, 1.165) is 58.7 Å². The molecule has 0 amide bonds. The van der Waals surface area contributed by atoms with Gasteiger partial charge in [-0.2, -0.15) is 21.0 Å². The third-order valence-electron chi connectivity index (χ3n) is 5.36. The van der Waals surface area contributed by atoms with Gasteiger partial charge in [-0.05, 0) is 48.9 Å². The molecule has 0 aliphatic rings. The second kappa shape index (κ2) is 13.5. The molecule has 0 aliphatic heterocycles. The number of unbranched alkanes of at least 4 members (excludes halogenated alkanes) is 6. The summed E-state index contributed by atoms with van der Waals surface area (Å²) in [6.45, 7) is 4.37. The smallest absolute Gasteiger partial charge is 0.146 e. The second-order valence-corrected chi connectivity index (χ2v) is 9.85. The summed E-state index contributed by atoms with van der Waals surface area (Å²) in [5.74, 6) is 0. The SMILES string of the molecule is CCCCCCc1cc(=C(C#N)C#N)s/c1=c1\sc(=C(C#N)C#N)cc1CCCCCC. The van der Waals surface area contributed by atoms with Gasteiger partial charge in [0.05, 0.1) is 9.06 Å². The van der Waals surface area contributed by atoms with Crippen LogP contribution in [0.1, 0.15) is 76.3 Å². The van der Waals surface area contributed by atoms with Crippen LogP contribution in [0.4, 0.5) is 0 Å². The van der Waals surface area contributed by atoms with E-state index in [-0.39, 0.29) is 11.1 Å². The minimum atomic E-state index is 0.138. The molecule has 32 heavy (non-hydrogen) atoms. The minimum Gasteiger partial charge on any atom is -0.192 e. The summed E-state index contributed by atoms with van der Waals surface area (Å²) in [6.07, 6.45) is 10.9. The van der Waals surface area contributed by atoms with Crippen molar-refractivity contribution in [2.24, 2.45) is 0 Å². The molecule has 164 valence electrons. The maximum absolute atomic E-state index is 9.38. The van der Waals surface area contributed by atoms with Crippen LogP contribution in [0, 0.1) is 54.4 Å². The normalized spacial score (nSPS) is 11.2. The first-order valence-electron chi connectivity index (χ1n) is 11.2. The predicted octanol–water partition coefficient (Wildman–Crippen LogP) is 5.74. The summed E-state index contributed by atoms with van der Waals surface area (Å²) in [5.41, 5.74) is 2.59. The van der Waals surface area contributed by atoms with Gasteiger partial charge in [0.25, 0.3) is 0 Å². The lowest BCUT2D eigenvalue weighted by atomic mass is 10.1. The minimum absolute atomic E-state index is 0.138. The molecule has 0 bridgehead atoms. The summed E-state index contributed by atoms with van der Waals surface area (Å²) in [7, 11) is 0. The zero-order valence-corrected chi connectivity index (χ0v) is 20.5. The molecule has 4 nitrogen and oxygen atoms in total. The fraction of sp³-hybridized carbons (Fsp3) is 0.462. The summed E-state index contributed by atoms with van der Waals surface area (Å²) in [4.78, 5) is 0. The van der Waals surface area contributed by atoms with Gasteiger partial charge in [0.2, 0.25) is 0 Å². The molecule has 0 unspecified atom stereocenters. The van der Waals surface area contributed by atoms with Crippen LogP contribution in [0.3, 0.4) is 0 Å². The van der Waals surface area contributed by atoms with Crippen molar-refractivity contribution in [2.45, 2.75) is 78.1 Å². The Bertz CT molecular complexity index is 1170. The first-order valence-corrected chi connectivity index (χ1v) is 12.9. The molecule has 0 radical (unpaired) electrons. The number of nitrogens with zero attached hydrogens (tertiary/aromatic N) is 4. The maximum Gasteiger partial charge on any atom is 0.146 e. The quantitative estimate of drug-likeness (QED) is 0.422. The Labute approximate surface area is 198 Å². The number of hydrogen-bond acceptors (Lipinski definition) is 6. The highest BCUT2D eigenvalue weighted by Gasteiger charge is 2.10. The Balaban J connectivity index is 2.80. The van der Waals surface area contributed by atoms with Gasteiger partial charge < -0.3 is 0 Å². The monoisotopic (exact) mass is 460 g/mol. The van der Waals surface area contributed by atoms with Crippen LogP contribution in [0.5, 0.6) is 0 Å². The highest BCUT2D eigenvalue weighted by Crippen LogP contribution is 2.20. The van der Waals surface area contributed by atoms with Crippen LogP contribution in [0.15, 0.2) is 12.1 Å². The first kappa shape index (κ1) is 25.4. The van der Waals surface area contributed by atoms with Crippen molar-refractivity contribution >= 4 is 33.8 Å². The van der Waals surface area contributed by atoms with Gasteiger partial charge in [-0.1, -0.05) is 52.4 Å². The van der Waals surface area contributed by atoms with Crippen LogP contribution in [-0.2, 0) is 12.8 Å². The Hall–Kier alpha value is -2.90. The molecule has 2 aromatic heterocycles. The fourth-order valence-corrected chi connectivity index (χ4v) is 6.13. The van der Waals surface area contributed by atoms with Crippen LogP contribution < -0.4 is 9.06 Å². The largest absolute Gasteiger partial charge is 0.192 e. The summed E-state index contributed by atoms with van der Waals surface area (Å²) in [5, 5.41) is 37.5. The maximum atomic E-state index is 9.38. The van der Waals surface area contributed by atoms with Crippen molar-refractivity contribution < 1.29 is 0 Å². The Morgan fingerprint density at radius 2 is 1.00 bits per heavy atom. The van der Waals surface area contributed by atoms with Crippen LogP contribution in [0.2, 0.25) is 0 Å². The molecule has 2 rings (SSSR count). The molecule has 0 N–H and O–H groups in total. The van der Waals surface area contributed by atoms with Gasteiger partial charge in [0, 0.05) is 9.06 Å². The van der Waals surface area contributed by atoms with E-state index in [9.17, 15) is 21.0 Å². The highest BCUT2D eigenvalue weighted by molar-refractivity contribution is 7.11. The van der Waals surface area contributed by atoms with E-state index in [1.807, 2.05) is 36.4 Å². The standard InChI is InChI=1S/C26H28N4S2/c1-3-5-7-9-11-19-13-23(21(15-27)16-28)31-25(19)26-20(12-10-8-6-4-2)14-24(32-26)22(17-29)18-30/h13-14H,3-12H2,1-2H3/b26-25-. The number of rotatable bonds is 10. The van der Waals surface area contributed by atoms with Crippen molar-refractivity contribution in [3.63, 3.8) is 0 Å². The van der Waals surface area contributed by atoms with E-state index in [1.165, 1.54) is 48.4 Å². The molecule has 0 aliphatic carbocycles. The molecule has 0 saturated carbocycles. The molecule has 0 fully saturated rings. The molecule has 0 saturated heterocycles. The predicted molar refractivity (Wildman–Crippen MR) is 131 cm³/mol. The van der Waals surface area contributed by atoms with E-state index < -0.39 is 0 Å². The fourth-order valence-electron chi connectivity index (χ4n) is 3.61. The molecular formula is C26H28N4S2. The van der Waals surface area contributed by atoms with Gasteiger partial charge in [-0.3, -0.25) is 0 Å². The number of nitriles is 4. The summed E-state index contributed by atoms with van der Waals surface area (Å²) >= 11 is 2.97. The lowest BCUT2D eigenvalue weighted by molar-refractivity contribution is 0.665. The van der Waals surface area contributed by atoms with Crippen LogP contribution in [0.25, 0.3) is 11.1 Å². The van der Waals surface area contributed by atoms with Crippen molar-refractivity contribution in [3.05, 3.63) is 41.4 Å². The third kappa shape index (κ3) is 6.55. The van der Waals surface area contributed by atoms with E-state index in [4.69, 9.17) is 0 Å². The number of hydrogen-bond donors (Lipinski definition) is 0. The average Bonchev–Trinajstić information content (AvgIpc) is 3.40. The van der Waals surface area contributed by atoms with E-state index in [2.05, 4.69) is 13.8 Å². The van der Waals surface area contributed by atoms with Crippen molar-refractivity contribution in [2.75, 3.05) is 0 Å². The van der Waals surface area contributed by atoms with Gasteiger partial charge in [-0.25, -0.2) is 0 Å². The zero-order chi connectivity index (χ0) is 23.3. The van der Waals surface area contributed by atoms with Crippen LogP contribution in [-0.4, -0.2) is 0 Å². The molecule has 0 aromatic carbocycles. The first-order chi connectivity index (χ1) is 15.6. The second-order valence-electron chi connectivity index (χ2n) is 7.75. The zero-order valence-electron chi connectivity index (χ0n) is 18.8. The molecule has 2 aromatic rings. The molecule has 0 spiro atoms. The lowest BCUT2D eigenvalue weighted by Gasteiger charge is -2.00. The van der Waals surface area contributed by atoms with Gasteiger partial charge >= 0.3 is 0 Å². The Morgan fingerprint density at radius 1 is 0.625 bits per heavy atom. The summed E-state index contributed by atoms with van der Waals surface area (Å²) < 4.78 is 3.56. The van der Waals surface area contributed by atoms with E-state index >= 15 is 0 Å². The number of thiophene rings is 2. The van der Waals surface area contributed by atoms with E-state index in [1.54, 1.807) is 0 Å². The van der Waals surface area contributed by atoms with Gasteiger partial charge in [0.1, 0.15) is 35.4 Å². The third-order valence-corrected chi connectivity index (χ3v) is 7.92. The van der Waals surface area contributed by atoms with Gasteiger partial charge in [0.15, 0.2) is 0 Å². The molecular weight excluding hydrogens is 432 g/mol. The highest BCUT2D eigenvalue weighted by atomic mass is 32.1. The molecule has 2 heterocycles. The molecule has 0 atom stereocenters. The Morgan fingerprint density at radius 3 is 1.31 bits per heavy atom.